The van der Waals surface area contributed by atoms with Crippen LogP contribution in [0.4, 0.5) is 0 Å². The first kappa shape index (κ1) is 12.5. The number of hydrogen-bond acceptors (Lipinski definition) is 3. The van der Waals surface area contributed by atoms with E-state index >= 15 is 0 Å². The van der Waals surface area contributed by atoms with Crippen LogP contribution in [0.3, 0.4) is 0 Å². The minimum Gasteiger partial charge on any atom is -0.312 e. The molecule has 0 amide bonds. The fourth-order valence-electron chi connectivity index (χ4n) is 1.63. The average Bonchev–Trinajstić information content (AvgIpc) is 2.16. The molecule has 0 aromatic carbocycles. The van der Waals surface area contributed by atoms with Gasteiger partial charge in [0.25, 0.3) is 0 Å². The SMILES string of the molecule is CC1SCCCC1NCC(C)S(C)=O. The second-order valence-corrected chi connectivity index (χ2v) is 7.33. The second-order valence-electron chi connectivity index (χ2n) is 4.04. The Kier molecular flexibility index (Phi) is 5.49. The zero-order valence-electron chi connectivity index (χ0n) is 9.29. The van der Waals surface area contributed by atoms with Crippen LogP contribution >= 0.6 is 11.8 Å². The molecule has 0 bridgehead atoms. The van der Waals surface area contributed by atoms with Crippen LogP contribution in [0.15, 0.2) is 0 Å². The lowest BCUT2D eigenvalue weighted by Gasteiger charge is -2.30. The number of hydrogen-bond donors (Lipinski definition) is 1. The maximum absolute atomic E-state index is 11.2. The fourth-order valence-corrected chi connectivity index (χ4v) is 3.13. The molecule has 1 aliphatic rings. The summed E-state index contributed by atoms with van der Waals surface area (Å²) in [6.07, 6.45) is 4.37. The molecule has 2 nitrogen and oxygen atoms in total. The van der Waals surface area contributed by atoms with E-state index in [-0.39, 0.29) is 5.25 Å². The van der Waals surface area contributed by atoms with E-state index in [0.29, 0.717) is 11.3 Å². The fraction of sp³-hybridized carbons (Fsp3) is 1.00. The van der Waals surface area contributed by atoms with Gasteiger partial charge < -0.3 is 5.32 Å². The number of nitrogens with one attached hydrogen (secondary N) is 1. The van der Waals surface area contributed by atoms with Gasteiger partial charge in [0.05, 0.1) is 0 Å². The van der Waals surface area contributed by atoms with E-state index in [0.717, 1.165) is 6.54 Å². The van der Waals surface area contributed by atoms with E-state index in [1.807, 2.05) is 18.7 Å². The van der Waals surface area contributed by atoms with Crippen LogP contribution in [-0.4, -0.2) is 39.3 Å². The molecule has 4 heteroatoms. The van der Waals surface area contributed by atoms with E-state index < -0.39 is 10.8 Å². The molecule has 4 unspecified atom stereocenters. The summed E-state index contributed by atoms with van der Waals surface area (Å²) >= 11 is 2.05. The smallest absolute Gasteiger partial charge is 0.0441 e. The largest absolute Gasteiger partial charge is 0.312 e. The third kappa shape index (κ3) is 3.91. The van der Waals surface area contributed by atoms with Crippen LogP contribution < -0.4 is 5.32 Å². The Hall–Kier alpha value is 0.460. The Morgan fingerprint density at radius 1 is 1.64 bits per heavy atom. The summed E-state index contributed by atoms with van der Waals surface area (Å²) in [6, 6.07) is 0.625. The van der Waals surface area contributed by atoms with Crippen LogP contribution in [0.5, 0.6) is 0 Å². The Morgan fingerprint density at radius 2 is 2.36 bits per heavy atom. The van der Waals surface area contributed by atoms with Crippen molar-refractivity contribution >= 4 is 22.6 Å². The lowest BCUT2D eigenvalue weighted by atomic mass is 10.1. The van der Waals surface area contributed by atoms with E-state index in [1.54, 1.807) is 6.26 Å². The van der Waals surface area contributed by atoms with E-state index in [2.05, 4.69) is 12.2 Å². The third-order valence-corrected chi connectivity index (χ3v) is 5.52. The van der Waals surface area contributed by atoms with Gasteiger partial charge in [0.2, 0.25) is 0 Å². The highest BCUT2D eigenvalue weighted by molar-refractivity contribution is 7.99. The van der Waals surface area contributed by atoms with Crippen LogP contribution in [-0.2, 0) is 10.8 Å². The summed E-state index contributed by atoms with van der Waals surface area (Å²) < 4.78 is 11.2. The van der Waals surface area contributed by atoms with Crippen molar-refractivity contribution in [3.63, 3.8) is 0 Å². The first-order chi connectivity index (χ1) is 6.61. The van der Waals surface area contributed by atoms with Crippen molar-refractivity contribution in [1.82, 2.24) is 5.32 Å². The zero-order valence-corrected chi connectivity index (χ0v) is 10.9. The summed E-state index contributed by atoms with van der Waals surface area (Å²) in [5.41, 5.74) is 0. The van der Waals surface area contributed by atoms with Crippen LogP contribution in [0.2, 0.25) is 0 Å². The molecule has 1 N–H and O–H groups in total. The molecule has 1 rings (SSSR count). The lowest BCUT2D eigenvalue weighted by molar-refractivity contribution is 0.464. The van der Waals surface area contributed by atoms with Crippen molar-refractivity contribution in [2.75, 3.05) is 18.6 Å². The minimum atomic E-state index is -0.695. The normalized spacial score (nSPS) is 32.5. The Morgan fingerprint density at radius 3 is 2.93 bits per heavy atom. The number of rotatable bonds is 4. The van der Waals surface area contributed by atoms with Gasteiger partial charge in [0, 0.05) is 40.1 Å². The van der Waals surface area contributed by atoms with E-state index in [1.165, 1.54) is 18.6 Å². The van der Waals surface area contributed by atoms with Gasteiger partial charge in [-0.25, -0.2) is 0 Å². The van der Waals surface area contributed by atoms with Crippen molar-refractivity contribution in [3.8, 4) is 0 Å². The van der Waals surface area contributed by atoms with Gasteiger partial charge >= 0.3 is 0 Å². The lowest BCUT2D eigenvalue weighted by Crippen LogP contribution is -2.42. The summed E-state index contributed by atoms with van der Waals surface area (Å²) in [7, 11) is -0.695. The van der Waals surface area contributed by atoms with Gasteiger partial charge in [-0.05, 0) is 25.5 Å². The molecular formula is C10H21NOS2. The third-order valence-electron chi connectivity index (χ3n) is 2.84. The summed E-state index contributed by atoms with van der Waals surface area (Å²) in [5, 5.41) is 4.52. The van der Waals surface area contributed by atoms with Crippen molar-refractivity contribution < 1.29 is 4.21 Å². The molecule has 14 heavy (non-hydrogen) atoms. The Bertz CT molecular complexity index is 199. The zero-order chi connectivity index (χ0) is 10.6. The van der Waals surface area contributed by atoms with Gasteiger partial charge in [-0.1, -0.05) is 6.92 Å². The molecule has 1 heterocycles. The highest BCUT2D eigenvalue weighted by Gasteiger charge is 2.21. The van der Waals surface area contributed by atoms with Crippen molar-refractivity contribution in [1.29, 1.82) is 0 Å². The highest BCUT2D eigenvalue weighted by atomic mass is 32.2. The van der Waals surface area contributed by atoms with Crippen LogP contribution in [0.1, 0.15) is 26.7 Å². The predicted molar refractivity (Wildman–Crippen MR) is 66.5 cm³/mol. The molecule has 1 aliphatic heterocycles. The molecule has 1 saturated heterocycles. The topological polar surface area (TPSA) is 29.1 Å². The van der Waals surface area contributed by atoms with Crippen molar-refractivity contribution in [3.05, 3.63) is 0 Å². The van der Waals surface area contributed by atoms with Gasteiger partial charge in [0.15, 0.2) is 0 Å². The van der Waals surface area contributed by atoms with Crippen LogP contribution in [0.25, 0.3) is 0 Å². The maximum Gasteiger partial charge on any atom is 0.0441 e. The van der Waals surface area contributed by atoms with E-state index in [4.69, 9.17) is 0 Å². The molecule has 0 radical (unpaired) electrons. The molecule has 0 aromatic rings. The summed E-state index contributed by atoms with van der Waals surface area (Å²) in [6.45, 7) is 5.22. The van der Waals surface area contributed by atoms with Crippen LogP contribution in [0, 0.1) is 0 Å². The molecule has 0 aromatic heterocycles. The molecule has 4 atom stereocenters. The Balaban J connectivity index is 2.25. The molecule has 1 fully saturated rings. The van der Waals surface area contributed by atoms with Gasteiger partial charge in [-0.15, -0.1) is 0 Å². The second kappa shape index (κ2) is 6.13. The van der Waals surface area contributed by atoms with Crippen molar-refractivity contribution in [2.24, 2.45) is 0 Å². The first-order valence-electron chi connectivity index (χ1n) is 5.28. The monoisotopic (exact) mass is 235 g/mol. The molecular weight excluding hydrogens is 214 g/mol. The quantitative estimate of drug-likeness (QED) is 0.803. The first-order valence-corrected chi connectivity index (χ1v) is 7.95. The van der Waals surface area contributed by atoms with Crippen molar-refractivity contribution in [2.45, 2.75) is 43.2 Å². The summed E-state index contributed by atoms with van der Waals surface area (Å²) in [4.78, 5) is 0. The predicted octanol–water partition coefficient (Wildman–Crippen LogP) is 1.63. The van der Waals surface area contributed by atoms with Gasteiger partial charge in [-0.3, -0.25) is 4.21 Å². The summed E-state index contributed by atoms with van der Waals surface area (Å²) in [5.74, 6) is 1.30. The standard InChI is InChI=1S/C10H21NOS2/c1-8(14(3)12)7-11-10-5-4-6-13-9(10)2/h8-11H,4-7H2,1-3H3. The van der Waals surface area contributed by atoms with Gasteiger partial charge in [0.1, 0.15) is 0 Å². The molecule has 0 aliphatic carbocycles. The van der Waals surface area contributed by atoms with E-state index in [9.17, 15) is 4.21 Å². The Labute approximate surface area is 94.1 Å². The van der Waals surface area contributed by atoms with Gasteiger partial charge in [-0.2, -0.15) is 11.8 Å². The number of thioether (sulfide) groups is 1. The molecule has 0 spiro atoms. The molecule has 84 valence electrons. The highest BCUT2D eigenvalue weighted by Crippen LogP contribution is 2.24. The molecule has 0 saturated carbocycles. The average molecular weight is 235 g/mol. The minimum absolute atomic E-state index is 0.272. The maximum atomic E-state index is 11.2.